The van der Waals surface area contributed by atoms with Crippen molar-refractivity contribution in [2.24, 2.45) is 10.8 Å². The van der Waals surface area contributed by atoms with Crippen LogP contribution in [0.3, 0.4) is 0 Å². The van der Waals surface area contributed by atoms with Gasteiger partial charge < -0.3 is 5.11 Å². The number of aliphatic hydroxyl groups excluding tert-OH is 1. The van der Waals surface area contributed by atoms with Crippen LogP contribution in [0.4, 0.5) is 0 Å². The number of hydrogen-bond donors (Lipinski definition) is 1. The van der Waals surface area contributed by atoms with E-state index in [0.29, 0.717) is 6.42 Å². The number of hydrogen-bond acceptors (Lipinski definition) is 2. The minimum Gasteiger partial charge on any atom is -0.385 e. The SMILES string of the molecule is O=C1CC23CC=CCC2(CC=CC3)C1O. The van der Waals surface area contributed by atoms with Gasteiger partial charge in [0.2, 0.25) is 0 Å². The lowest BCUT2D eigenvalue weighted by Crippen LogP contribution is -2.46. The van der Waals surface area contributed by atoms with E-state index in [4.69, 9.17) is 0 Å². The second-order valence-corrected chi connectivity index (χ2v) is 5.24. The number of carbonyl (C=O) groups is 1. The molecule has 0 bridgehead atoms. The molecule has 0 aromatic heterocycles. The highest BCUT2D eigenvalue weighted by molar-refractivity contribution is 5.88. The highest BCUT2D eigenvalue weighted by Gasteiger charge is 2.62. The minimum absolute atomic E-state index is 0.0347. The maximum Gasteiger partial charge on any atom is 0.162 e. The molecule has 2 nitrogen and oxygen atoms in total. The second kappa shape index (κ2) is 2.82. The van der Waals surface area contributed by atoms with E-state index in [9.17, 15) is 9.90 Å². The summed E-state index contributed by atoms with van der Waals surface area (Å²) in [6.45, 7) is 0. The van der Waals surface area contributed by atoms with Gasteiger partial charge in [0, 0.05) is 11.8 Å². The van der Waals surface area contributed by atoms with Gasteiger partial charge in [-0.3, -0.25) is 4.79 Å². The molecular weight excluding hydrogens is 188 g/mol. The quantitative estimate of drug-likeness (QED) is 0.613. The van der Waals surface area contributed by atoms with Gasteiger partial charge in [-0.15, -0.1) is 0 Å². The van der Waals surface area contributed by atoms with E-state index in [1.165, 1.54) is 0 Å². The molecule has 0 radical (unpaired) electrons. The maximum atomic E-state index is 11.8. The zero-order valence-electron chi connectivity index (χ0n) is 8.78. The summed E-state index contributed by atoms with van der Waals surface area (Å²) >= 11 is 0. The van der Waals surface area contributed by atoms with Gasteiger partial charge in [0.15, 0.2) is 5.78 Å². The predicted octanol–water partition coefficient (Wildman–Crippen LogP) is 1.99. The zero-order valence-corrected chi connectivity index (χ0v) is 8.78. The minimum atomic E-state index is -0.729. The van der Waals surface area contributed by atoms with Crippen LogP contribution in [0.2, 0.25) is 0 Å². The summed E-state index contributed by atoms with van der Waals surface area (Å²) in [5.41, 5.74) is -0.138. The molecule has 1 N–H and O–H groups in total. The topological polar surface area (TPSA) is 37.3 Å². The lowest BCUT2D eigenvalue weighted by molar-refractivity contribution is -0.128. The van der Waals surface area contributed by atoms with Gasteiger partial charge in [0.25, 0.3) is 0 Å². The third-order valence-electron chi connectivity index (χ3n) is 4.71. The van der Waals surface area contributed by atoms with E-state index in [-0.39, 0.29) is 16.6 Å². The summed E-state index contributed by atoms with van der Waals surface area (Å²) in [7, 11) is 0. The molecule has 0 heterocycles. The molecule has 3 aliphatic rings. The van der Waals surface area contributed by atoms with Crippen molar-refractivity contribution in [3.05, 3.63) is 24.3 Å². The summed E-state index contributed by atoms with van der Waals surface area (Å²) in [6.07, 6.45) is 12.1. The van der Waals surface area contributed by atoms with Gasteiger partial charge >= 0.3 is 0 Å². The van der Waals surface area contributed by atoms with Crippen LogP contribution in [0, 0.1) is 10.8 Å². The van der Waals surface area contributed by atoms with Crippen LogP contribution in [0.15, 0.2) is 24.3 Å². The zero-order chi connectivity index (χ0) is 10.5. The molecule has 0 aromatic rings. The lowest BCUT2D eigenvalue weighted by atomic mass is 9.54. The Kier molecular flexibility index (Phi) is 1.76. The van der Waals surface area contributed by atoms with Crippen LogP contribution in [-0.4, -0.2) is 17.0 Å². The summed E-state index contributed by atoms with van der Waals surface area (Å²) in [6, 6.07) is 0. The van der Waals surface area contributed by atoms with Gasteiger partial charge in [0.05, 0.1) is 0 Å². The van der Waals surface area contributed by atoms with Crippen molar-refractivity contribution in [1.82, 2.24) is 0 Å². The number of ketones is 1. The molecule has 0 amide bonds. The van der Waals surface area contributed by atoms with Crippen LogP contribution >= 0.6 is 0 Å². The second-order valence-electron chi connectivity index (χ2n) is 5.24. The number of Topliss-reactive ketones (excluding diaryl/α,β-unsaturated/α-hetero) is 1. The molecule has 1 atom stereocenters. The van der Waals surface area contributed by atoms with Crippen molar-refractivity contribution < 1.29 is 9.90 Å². The number of allylic oxidation sites excluding steroid dienone is 4. The Balaban J connectivity index is 2.14. The van der Waals surface area contributed by atoms with E-state index < -0.39 is 6.10 Å². The van der Waals surface area contributed by atoms with E-state index in [2.05, 4.69) is 24.3 Å². The van der Waals surface area contributed by atoms with E-state index in [1.54, 1.807) is 0 Å². The first-order valence-electron chi connectivity index (χ1n) is 5.71. The normalized spacial score (nSPS) is 47.8. The highest BCUT2D eigenvalue weighted by atomic mass is 16.3. The monoisotopic (exact) mass is 204 g/mol. The molecule has 1 fully saturated rings. The molecule has 0 spiro atoms. The predicted molar refractivity (Wildman–Crippen MR) is 57.2 cm³/mol. The largest absolute Gasteiger partial charge is 0.385 e. The molecule has 1 unspecified atom stereocenters. The molecule has 1 saturated carbocycles. The Hall–Kier alpha value is -0.890. The van der Waals surface area contributed by atoms with Crippen molar-refractivity contribution in [3.63, 3.8) is 0 Å². The molecule has 15 heavy (non-hydrogen) atoms. The van der Waals surface area contributed by atoms with Gasteiger partial charge in [0.1, 0.15) is 6.10 Å². The standard InChI is InChI=1S/C13H16O2/c14-10-9-12-5-1-3-7-13(12,11(10)15)8-4-2-6-12/h1-4,11,15H,5-9H2. The van der Waals surface area contributed by atoms with Crippen molar-refractivity contribution >= 4 is 5.78 Å². The molecule has 3 aliphatic carbocycles. The Labute approximate surface area is 89.7 Å². The number of rotatable bonds is 0. The Morgan fingerprint density at radius 3 is 2.13 bits per heavy atom. The van der Waals surface area contributed by atoms with Gasteiger partial charge in [-0.1, -0.05) is 24.3 Å². The van der Waals surface area contributed by atoms with E-state index in [1.807, 2.05) is 0 Å². The van der Waals surface area contributed by atoms with Crippen LogP contribution in [0.1, 0.15) is 32.1 Å². The summed E-state index contributed by atoms with van der Waals surface area (Å²) in [5, 5.41) is 10.2. The molecule has 0 saturated heterocycles. The Morgan fingerprint density at radius 2 is 1.60 bits per heavy atom. The first-order chi connectivity index (χ1) is 7.20. The van der Waals surface area contributed by atoms with Crippen molar-refractivity contribution in [2.75, 3.05) is 0 Å². The fraction of sp³-hybridized carbons (Fsp3) is 0.615. The van der Waals surface area contributed by atoms with Crippen LogP contribution in [0.25, 0.3) is 0 Å². The van der Waals surface area contributed by atoms with Crippen molar-refractivity contribution in [2.45, 2.75) is 38.2 Å². The van der Waals surface area contributed by atoms with Crippen LogP contribution in [0.5, 0.6) is 0 Å². The number of carbonyl (C=O) groups excluding carboxylic acids is 1. The third-order valence-corrected chi connectivity index (χ3v) is 4.71. The smallest absolute Gasteiger partial charge is 0.162 e. The van der Waals surface area contributed by atoms with Crippen LogP contribution < -0.4 is 0 Å². The van der Waals surface area contributed by atoms with Crippen LogP contribution in [-0.2, 0) is 4.79 Å². The van der Waals surface area contributed by atoms with Gasteiger partial charge in [-0.05, 0) is 31.1 Å². The fourth-order valence-electron chi connectivity index (χ4n) is 3.78. The summed E-state index contributed by atoms with van der Waals surface area (Å²) < 4.78 is 0. The molecule has 3 rings (SSSR count). The van der Waals surface area contributed by atoms with Crippen molar-refractivity contribution in [1.29, 1.82) is 0 Å². The first-order valence-corrected chi connectivity index (χ1v) is 5.71. The first kappa shape index (κ1) is 9.34. The Morgan fingerprint density at radius 1 is 1.07 bits per heavy atom. The summed E-state index contributed by atoms with van der Waals surface area (Å²) in [5.74, 6) is 0.0578. The number of aliphatic hydroxyl groups is 1. The lowest BCUT2D eigenvalue weighted by Gasteiger charge is -2.49. The average molecular weight is 204 g/mol. The average Bonchev–Trinajstić information content (AvgIpc) is 2.49. The highest BCUT2D eigenvalue weighted by Crippen LogP contribution is 2.63. The molecule has 0 aliphatic heterocycles. The van der Waals surface area contributed by atoms with Gasteiger partial charge in [-0.2, -0.15) is 0 Å². The molecular formula is C13H16O2. The molecule has 80 valence electrons. The van der Waals surface area contributed by atoms with Crippen molar-refractivity contribution in [3.8, 4) is 0 Å². The van der Waals surface area contributed by atoms with Gasteiger partial charge in [-0.25, -0.2) is 0 Å². The fourth-order valence-corrected chi connectivity index (χ4v) is 3.78. The maximum absolute atomic E-state index is 11.8. The molecule has 2 heteroatoms. The third kappa shape index (κ3) is 0.957. The van der Waals surface area contributed by atoms with E-state index >= 15 is 0 Å². The summed E-state index contributed by atoms with van der Waals surface area (Å²) in [4.78, 5) is 11.8. The Bertz CT molecular complexity index is 347. The van der Waals surface area contributed by atoms with E-state index in [0.717, 1.165) is 25.7 Å². The molecule has 0 aromatic carbocycles.